The van der Waals surface area contributed by atoms with E-state index in [2.05, 4.69) is 60.4 Å². The molecule has 0 aromatic heterocycles. The Morgan fingerprint density at radius 3 is 2.43 bits per heavy atom. The average molecular weight is 279 g/mol. The van der Waals surface area contributed by atoms with Crippen molar-refractivity contribution < 1.29 is 4.74 Å². The van der Waals surface area contributed by atoms with Crippen molar-refractivity contribution in [3.63, 3.8) is 0 Å². The van der Waals surface area contributed by atoms with E-state index in [9.17, 15) is 0 Å². The normalized spacial score (nSPS) is 18.6. The van der Waals surface area contributed by atoms with Crippen LogP contribution < -0.4 is 4.74 Å². The number of nitrogens with zero attached hydrogens (tertiary/aromatic N) is 1. The van der Waals surface area contributed by atoms with Crippen LogP contribution in [0.15, 0.2) is 66.2 Å². The summed E-state index contributed by atoms with van der Waals surface area (Å²) in [6, 6.07) is 19.5. The molecule has 0 fully saturated rings. The van der Waals surface area contributed by atoms with Gasteiger partial charge in [0.25, 0.3) is 0 Å². The van der Waals surface area contributed by atoms with Crippen molar-refractivity contribution in [1.82, 2.24) is 4.90 Å². The van der Waals surface area contributed by atoms with Crippen molar-refractivity contribution in [3.8, 4) is 5.75 Å². The van der Waals surface area contributed by atoms with Gasteiger partial charge in [0.1, 0.15) is 5.75 Å². The number of ether oxygens (including phenoxy) is 1. The molecule has 0 aliphatic carbocycles. The van der Waals surface area contributed by atoms with Crippen LogP contribution in [0.2, 0.25) is 0 Å². The van der Waals surface area contributed by atoms with Gasteiger partial charge in [0.15, 0.2) is 0 Å². The van der Waals surface area contributed by atoms with Gasteiger partial charge in [-0.05, 0) is 30.2 Å². The number of benzene rings is 2. The molecule has 2 aromatic carbocycles. The van der Waals surface area contributed by atoms with Crippen molar-refractivity contribution >= 4 is 0 Å². The maximum atomic E-state index is 5.22. The van der Waals surface area contributed by atoms with Gasteiger partial charge in [0.05, 0.1) is 13.2 Å². The molecule has 108 valence electrons. The fraction of sp³-hybridized carbons (Fsp3) is 0.263. The van der Waals surface area contributed by atoms with Crippen LogP contribution in [-0.2, 0) is 6.54 Å². The summed E-state index contributed by atoms with van der Waals surface area (Å²) in [6.07, 6.45) is 2.33. The molecule has 1 aliphatic rings. The molecule has 0 radical (unpaired) electrons. The van der Waals surface area contributed by atoms with Crippen LogP contribution in [0.5, 0.6) is 5.75 Å². The first kappa shape index (κ1) is 13.9. The predicted octanol–water partition coefficient (Wildman–Crippen LogP) is 4.20. The molecule has 0 saturated heterocycles. The Bertz CT molecular complexity index is 616. The van der Waals surface area contributed by atoms with Crippen LogP contribution in [0, 0.1) is 0 Å². The molecular weight excluding hydrogens is 258 g/mol. The predicted molar refractivity (Wildman–Crippen MR) is 86.3 cm³/mol. The molecule has 0 spiro atoms. The lowest BCUT2D eigenvalue weighted by molar-refractivity contribution is 0.260. The van der Waals surface area contributed by atoms with E-state index in [4.69, 9.17) is 4.74 Å². The summed E-state index contributed by atoms with van der Waals surface area (Å²) in [4.78, 5) is 2.51. The summed E-state index contributed by atoms with van der Waals surface area (Å²) in [5.41, 5.74) is 4.13. The van der Waals surface area contributed by atoms with E-state index in [0.29, 0.717) is 6.04 Å². The number of methoxy groups -OCH3 is 1. The highest BCUT2D eigenvalue weighted by Crippen LogP contribution is 2.34. The van der Waals surface area contributed by atoms with Crippen LogP contribution in [0.1, 0.15) is 24.1 Å². The van der Waals surface area contributed by atoms with Crippen LogP contribution >= 0.6 is 0 Å². The van der Waals surface area contributed by atoms with Gasteiger partial charge in [0.2, 0.25) is 0 Å². The minimum absolute atomic E-state index is 0.397. The van der Waals surface area contributed by atoms with Gasteiger partial charge in [-0.25, -0.2) is 0 Å². The molecule has 21 heavy (non-hydrogen) atoms. The first-order valence-corrected chi connectivity index (χ1v) is 7.36. The topological polar surface area (TPSA) is 12.5 Å². The Morgan fingerprint density at radius 2 is 1.76 bits per heavy atom. The SMILES string of the molecule is COc1ccc(CN2CC=C(C)C2c2ccccc2)cc1. The average Bonchev–Trinajstić information content (AvgIpc) is 2.89. The van der Waals surface area contributed by atoms with Gasteiger partial charge in [-0.2, -0.15) is 0 Å². The third kappa shape index (κ3) is 3.01. The molecule has 2 aromatic rings. The molecule has 0 amide bonds. The Hall–Kier alpha value is -2.06. The van der Waals surface area contributed by atoms with E-state index >= 15 is 0 Å². The van der Waals surface area contributed by atoms with Gasteiger partial charge >= 0.3 is 0 Å². The van der Waals surface area contributed by atoms with E-state index < -0.39 is 0 Å². The standard InChI is InChI=1S/C19H21NO/c1-15-12-13-20(19(15)17-6-4-3-5-7-17)14-16-8-10-18(21-2)11-9-16/h3-12,19H,13-14H2,1-2H3. The maximum Gasteiger partial charge on any atom is 0.118 e. The molecule has 0 N–H and O–H groups in total. The number of hydrogen-bond donors (Lipinski definition) is 0. The summed E-state index contributed by atoms with van der Waals surface area (Å²) >= 11 is 0. The molecule has 1 heterocycles. The van der Waals surface area contributed by atoms with Gasteiger partial charge in [-0.3, -0.25) is 4.90 Å². The summed E-state index contributed by atoms with van der Waals surface area (Å²) in [6.45, 7) is 4.19. The lowest BCUT2D eigenvalue weighted by atomic mass is 10.0. The monoisotopic (exact) mass is 279 g/mol. The van der Waals surface area contributed by atoms with E-state index in [0.717, 1.165) is 18.8 Å². The smallest absolute Gasteiger partial charge is 0.118 e. The zero-order valence-corrected chi connectivity index (χ0v) is 12.6. The first-order chi connectivity index (χ1) is 10.3. The summed E-state index contributed by atoms with van der Waals surface area (Å²) < 4.78 is 5.22. The second-order valence-electron chi connectivity index (χ2n) is 5.54. The van der Waals surface area contributed by atoms with Gasteiger partial charge in [-0.15, -0.1) is 0 Å². The minimum Gasteiger partial charge on any atom is -0.497 e. The van der Waals surface area contributed by atoms with E-state index in [1.807, 2.05) is 12.1 Å². The third-order valence-electron chi connectivity index (χ3n) is 4.10. The Labute approximate surface area is 126 Å². The third-order valence-corrected chi connectivity index (χ3v) is 4.10. The van der Waals surface area contributed by atoms with E-state index in [-0.39, 0.29) is 0 Å². The van der Waals surface area contributed by atoms with Gasteiger partial charge < -0.3 is 4.74 Å². The van der Waals surface area contributed by atoms with Crippen molar-refractivity contribution in [2.45, 2.75) is 19.5 Å². The quantitative estimate of drug-likeness (QED) is 0.778. The molecule has 2 heteroatoms. The zero-order valence-electron chi connectivity index (χ0n) is 12.6. The molecule has 1 aliphatic heterocycles. The molecule has 3 rings (SSSR count). The molecular formula is C19H21NO. The lowest BCUT2D eigenvalue weighted by Gasteiger charge is -2.27. The fourth-order valence-electron chi connectivity index (χ4n) is 3.00. The minimum atomic E-state index is 0.397. The van der Waals surface area contributed by atoms with Crippen molar-refractivity contribution in [1.29, 1.82) is 0 Å². The van der Waals surface area contributed by atoms with Gasteiger partial charge in [-0.1, -0.05) is 54.1 Å². The molecule has 2 nitrogen and oxygen atoms in total. The second-order valence-corrected chi connectivity index (χ2v) is 5.54. The lowest BCUT2D eigenvalue weighted by Crippen LogP contribution is -2.24. The summed E-state index contributed by atoms with van der Waals surface area (Å²) in [5.74, 6) is 0.911. The van der Waals surface area contributed by atoms with Crippen molar-refractivity contribution in [3.05, 3.63) is 77.4 Å². The van der Waals surface area contributed by atoms with Crippen LogP contribution in [0.4, 0.5) is 0 Å². The summed E-state index contributed by atoms with van der Waals surface area (Å²) in [7, 11) is 1.70. The molecule has 0 bridgehead atoms. The van der Waals surface area contributed by atoms with E-state index in [1.54, 1.807) is 7.11 Å². The molecule has 1 unspecified atom stereocenters. The highest BCUT2D eigenvalue weighted by Gasteiger charge is 2.25. The highest BCUT2D eigenvalue weighted by molar-refractivity contribution is 5.32. The van der Waals surface area contributed by atoms with Crippen molar-refractivity contribution in [2.75, 3.05) is 13.7 Å². The fourth-order valence-corrected chi connectivity index (χ4v) is 3.00. The highest BCUT2D eigenvalue weighted by atomic mass is 16.5. The Morgan fingerprint density at radius 1 is 1.05 bits per heavy atom. The number of rotatable bonds is 4. The molecule has 0 saturated carbocycles. The van der Waals surface area contributed by atoms with E-state index in [1.165, 1.54) is 16.7 Å². The summed E-state index contributed by atoms with van der Waals surface area (Å²) in [5, 5.41) is 0. The largest absolute Gasteiger partial charge is 0.497 e. The first-order valence-electron chi connectivity index (χ1n) is 7.36. The molecule has 1 atom stereocenters. The number of hydrogen-bond acceptors (Lipinski definition) is 2. The van der Waals surface area contributed by atoms with Crippen LogP contribution in [0.25, 0.3) is 0 Å². The van der Waals surface area contributed by atoms with Crippen molar-refractivity contribution in [2.24, 2.45) is 0 Å². The zero-order chi connectivity index (χ0) is 14.7. The maximum absolute atomic E-state index is 5.22. The Kier molecular flexibility index (Phi) is 4.07. The van der Waals surface area contributed by atoms with Crippen LogP contribution in [-0.4, -0.2) is 18.6 Å². The van der Waals surface area contributed by atoms with Crippen LogP contribution in [0.3, 0.4) is 0 Å². The second kappa shape index (κ2) is 6.15. The van der Waals surface area contributed by atoms with Gasteiger partial charge in [0, 0.05) is 13.1 Å². The Balaban J connectivity index is 1.78.